The Balaban J connectivity index is 1.91. The van der Waals surface area contributed by atoms with Crippen LogP contribution in [0.15, 0.2) is 24.3 Å². The van der Waals surface area contributed by atoms with E-state index in [0.717, 1.165) is 18.0 Å². The summed E-state index contributed by atoms with van der Waals surface area (Å²) in [5, 5.41) is 0. The van der Waals surface area contributed by atoms with Gasteiger partial charge in [-0.15, -0.1) is 0 Å². The minimum atomic E-state index is 0.640. The molecule has 0 spiro atoms. The zero-order chi connectivity index (χ0) is 12.3. The normalized spacial score (nSPS) is 23.5. The van der Waals surface area contributed by atoms with Gasteiger partial charge in [-0.2, -0.15) is 0 Å². The summed E-state index contributed by atoms with van der Waals surface area (Å²) in [5.74, 6) is 0.859. The molecule has 1 aliphatic heterocycles. The number of nitrogen functional groups attached to an aromatic ring is 1. The summed E-state index contributed by atoms with van der Waals surface area (Å²) >= 11 is 0. The first kappa shape index (κ1) is 12.4. The molecule has 2 rings (SSSR count). The highest BCUT2D eigenvalue weighted by Gasteiger charge is 2.20. The molecular formula is C15H24N2. The highest BCUT2D eigenvalue weighted by atomic mass is 15.2. The summed E-state index contributed by atoms with van der Waals surface area (Å²) in [6.45, 7) is 7.23. The molecule has 0 saturated carbocycles. The fraction of sp³-hybridized carbons (Fsp3) is 0.600. The maximum Gasteiger partial charge on any atom is 0.0314 e. The van der Waals surface area contributed by atoms with Crippen LogP contribution in [0.25, 0.3) is 0 Å². The summed E-state index contributed by atoms with van der Waals surface area (Å²) in [5.41, 5.74) is 7.96. The highest BCUT2D eigenvalue weighted by molar-refractivity contribution is 5.39. The molecule has 0 radical (unpaired) electrons. The van der Waals surface area contributed by atoms with Crippen LogP contribution < -0.4 is 5.73 Å². The van der Waals surface area contributed by atoms with Gasteiger partial charge >= 0.3 is 0 Å². The summed E-state index contributed by atoms with van der Waals surface area (Å²) in [6.07, 6.45) is 3.88. The molecule has 0 aliphatic carbocycles. The van der Waals surface area contributed by atoms with Crippen molar-refractivity contribution in [3.8, 4) is 0 Å². The summed E-state index contributed by atoms with van der Waals surface area (Å²) in [4.78, 5) is 2.63. The van der Waals surface area contributed by atoms with Crippen molar-refractivity contribution in [1.29, 1.82) is 0 Å². The van der Waals surface area contributed by atoms with Gasteiger partial charge in [0, 0.05) is 18.3 Å². The second kappa shape index (κ2) is 5.54. The Morgan fingerprint density at radius 3 is 2.71 bits per heavy atom. The van der Waals surface area contributed by atoms with E-state index < -0.39 is 0 Å². The molecule has 1 aliphatic rings. The molecule has 0 aromatic heterocycles. The Morgan fingerprint density at radius 2 is 2.06 bits per heavy atom. The van der Waals surface area contributed by atoms with E-state index in [-0.39, 0.29) is 0 Å². The van der Waals surface area contributed by atoms with Gasteiger partial charge in [-0.3, -0.25) is 0 Å². The van der Waals surface area contributed by atoms with E-state index in [0.29, 0.717) is 6.04 Å². The van der Waals surface area contributed by atoms with Crippen molar-refractivity contribution >= 4 is 5.69 Å². The van der Waals surface area contributed by atoms with Crippen molar-refractivity contribution in [2.45, 2.75) is 39.2 Å². The van der Waals surface area contributed by atoms with Crippen molar-refractivity contribution < 1.29 is 0 Å². The molecular weight excluding hydrogens is 208 g/mol. The lowest BCUT2D eigenvalue weighted by molar-refractivity contribution is 0.138. The van der Waals surface area contributed by atoms with Crippen LogP contribution in [-0.4, -0.2) is 24.0 Å². The van der Waals surface area contributed by atoms with E-state index >= 15 is 0 Å². The Bertz CT molecular complexity index is 344. The molecule has 2 unspecified atom stereocenters. The number of nitrogens with zero attached hydrogens (tertiary/aromatic N) is 1. The van der Waals surface area contributed by atoms with Gasteiger partial charge < -0.3 is 10.6 Å². The van der Waals surface area contributed by atoms with Crippen LogP contribution in [0.5, 0.6) is 0 Å². The van der Waals surface area contributed by atoms with E-state index in [1.54, 1.807) is 0 Å². The van der Waals surface area contributed by atoms with Crippen LogP contribution >= 0.6 is 0 Å². The molecule has 2 heteroatoms. The molecule has 0 bridgehead atoms. The lowest BCUT2D eigenvalue weighted by atomic mass is 9.97. The van der Waals surface area contributed by atoms with Crippen molar-refractivity contribution in [1.82, 2.24) is 4.90 Å². The third-order valence-electron chi connectivity index (χ3n) is 3.82. The maximum atomic E-state index is 5.71. The fourth-order valence-corrected chi connectivity index (χ4v) is 2.75. The van der Waals surface area contributed by atoms with Crippen LogP contribution in [0.4, 0.5) is 5.69 Å². The number of nitrogens with two attached hydrogens (primary N) is 1. The van der Waals surface area contributed by atoms with Gasteiger partial charge in [0.15, 0.2) is 0 Å². The molecule has 1 aromatic rings. The number of piperidine rings is 1. The Kier molecular flexibility index (Phi) is 4.06. The Morgan fingerprint density at radius 1 is 1.35 bits per heavy atom. The molecule has 1 saturated heterocycles. The Labute approximate surface area is 105 Å². The van der Waals surface area contributed by atoms with E-state index in [1.165, 1.54) is 31.5 Å². The van der Waals surface area contributed by atoms with Crippen molar-refractivity contribution in [3.63, 3.8) is 0 Å². The van der Waals surface area contributed by atoms with Crippen LogP contribution in [-0.2, 0) is 6.42 Å². The second-order valence-electron chi connectivity index (χ2n) is 5.54. The first-order valence-corrected chi connectivity index (χ1v) is 6.73. The van der Waals surface area contributed by atoms with Crippen LogP contribution in [0.1, 0.15) is 32.3 Å². The van der Waals surface area contributed by atoms with E-state index in [9.17, 15) is 0 Å². The number of hydrogen-bond donors (Lipinski definition) is 1. The Hall–Kier alpha value is -1.02. The largest absolute Gasteiger partial charge is 0.399 e. The number of benzene rings is 1. The van der Waals surface area contributed by atoms with Crippen molar-refractivity contribution in [2.24, 2.45) is 5.92 Å². The molecule has 1 fully saturated rings. The zero-order valence-corrected chi connectivity index (χ0v) is 11.0. The fourth-order valence-electron chi connectivity index (χ4n) is 2.75. The molecule has 2 atom stereocenters. The summed E-state index contributed by atoms with van der Waals surface area (Å²) in [6, 6.07) is 8.95. The van der Waals surface area contributed by atoms with Gasteiger partial charge in [-0.1, -0.05) is 19.1 Å². The van der Waals surface area contributed by atoms with Gasteiger partial charge in [0.25, 0.3) is 0 Å². The lowest BCUT2D eigenvalue weighted by Gasteiger charge is -2.35. The monoisotopic (exact) mass is 232 g/mol. The second-order valence-corrected chi connectivity index (χ2v) is 5.54. The number of anilines is 1. The standard InChI is InChI=1S/C15H24N2/c1-12-4-3-9-17(11-12)13(2)10-14-5-7-15(16)8-6-14/h5-8,12-13H,3-4,9-11,16H2,1-2H3. The number of hydrogen-bond acceptors (Lipinski definition) is 2. The van der Waals surface area contributed by atoms with Crippen LogP contribution in [0, 0.1) is 5.92 Å². The smallest absolute Gasteiger partial charge is 0.0314 e. The molecule has 94 valence electrons. The highest BCUT2D eigenvalue weighted by Crippen LogP contribution is 2.19. The summed E-state index contributed by atoms with van der Waals surface area (Å²) in [7, 11) is 0. The van der Waals surface area contributed by atoms with Gasteiger partial charge in [-0.05, 0) is 56.3 Å². The van der Waals surface area contributed by atoms with Gasteiger partial charge in [-0.25, -0.2) is 0 Å². The number of likely N-dealkylation sites (tertiary alicyclic amines) is 1. The average Bonchev–Trinajstić information content (AvgIpc) is 2.32. The molecule has 17 heavy (non-hydrogen) atoms. The topological polar surface area (TPSA) is 29.3 Å². The first-order chi connectivity index (χ1) is 8.15. The molecule has 1 heterocycles. The van der Waals surface area contributed by atoms with E-state index in [1.807, 2.05) is 12.1 Å². The van der Waals surface area contributed by atoms with E-state index in [4.69, 9.17) is 5.73 Å². The van der Waals surface area contributed by atoms with Gasteiger partial charge in [0.2, 0.25) is 0 Å². The molecule has 2 N–H and O–H groups in total. The third-order valence-corrected chi connectivity index (χ3v) is 3.82. The van der Waals surface area contributed by atoms with Gasteiger partial charge in [0.1, 0.15) is 0 Å². The predicted octanol–water partition coefficient (Wildman–Crippen LogP) is 2.93. The van der Waals surface area contributed by atoms with Crippen LogP contribution in [0.2, 0.25) is 0 Å². The predicted molar refractivity (Wildman–Crippen MR) is 74.0 cm³/mol. The van der Waals surface area contributed by atoms with Crippen LogP contribution in [0.3, 0.4) is 0 Å². The van der Waals surface area contributed by atoms with Crippen molar-refractivity contribution in [2.75, 3.05) is 18.8 Å². The number of rotatable bonds is 3. The van der Waals surface area contributed by atoms with E-state index in [2.05, 4.69) is 30.9 Å². The molecule has 0 amide bonds. The maximum absolute atomic E-state index is 5.71. The molecule has 2 nitrogen and oxygen atoms in total. The minimum absolute atomic E-state index is 0.640. The zero-order valence-electron chi connectivity index (χ0n) is 11.0. The molecule has 1 aromatic carbocycles. The quantitative estimate of drug-likeness (QED) is 0.812. The third kappa shape index (κ3) is 3.47. The van der Waals surface area contributed by atoms with Gasteiger partial charge in [0.05, 0.1) is 0 Å². The summed E-state index contributed by atoms with van der Waals surface area (Å²) < 4.78 is 0. The lowest BCUT2D eigenvalue weighted by Crippen LogP contribution is -2.41. The SMILES string of the molecule is CC1CCCN(C(C)Cc2ccc(N)cc2)C1. The minimum Gasteiger partial charge on any atom is -0.399 e. The van der Waals surface area contributed by atoms with Crippen molar-refractivity contribution in [3.05, 3.63) is 29.8 Å². The first-order valence-electron chi connectivity index (χ1n) is 6.73. The average molecular weight is 232 g/mol.